The van der Waals surface area contributed by atoms with Crippen molar-refractivity contribution in [3.8, 4) is 44.5 Å². The molecule has 13 rings (SSSR count). The smallest absolute Gasteiger partial charge is 0.0610 e. The summed E-state index contributed by atoms with van der Waals surface area (Å²) in [7, 11) is 0.533. The normalized spacial score (nSPS) is 16.5. The molecule has 2 heteroatoms. The third kappa shape index (κ3) is 6.73. The zero-order valence-corrected chi connectivity index (χ0v) is 27.1. The lowest BCUT2D eigenvalue weighted by Crippen LogP contribution is -2.06. The zero-order valence-electron chi connectivity index (χ0n) is 25.5. The molecule has 0 unspecified atom stereocenters. The summed E-state index contributed by atoms with van der Waals surface area (Å²) in [5.41, 5.74) is 15.8. The minimum absolute atomic E-state index is 0.267. The van der Waals surface area contributed by atoms with Gasteiger partial charge in [0.1, 0.15) is 23.0 Å². The third-order valence-electron chi connectivity index (χ3n) is 8.53. The lowest BCUT2D eigenvalue weighted by molar-refractivity contribution is 1.34. The standard InChI is InChI=1S/C42H38S2/c1-43-27-31-9-17-35(18-10-31)39-5-3-7-41(25-39)37-21-13-33(14-22-37)29-44(2)30-34-15-23-38(24-16-34)42-8-4-6-40(26-42)36-19-11-32(28-43)12-20-36/h3-26H,27-30H2,1-2H3/q+2. The quantitative estimate of drug-likeness (QED) is 0.151. The molecule has 0 aliphatic carbocycles. The molecule has 0 atom stereocenters. The molecule has 7 heterocycles. The minimum Gasteiger partial charge on any atom is -0.0610 e. The van der Waals surface area contributed by atoms with Gasteiger partial charge < -0.3 is 0 Å². The van der Waals surface area contributed by atoms with Crippen LogP contribution in [0.3, 0.4) is 0 Å². The molecule has 0 aromatic heterocycles. The van der Waals surface area contributed by atoms with Gasteiger partial charge in [-0.3, -0.25) is 0 Å². The van der Waals surface area contributed by atoms with Crippen LogP contribution in [0, 0.1) is 0 Å². The number of benzene rings is 6. The Labute approximate surface area is 268 Å². The van der Waals surface area contributed by atoms with Crippen LogP contribution in [-0.4, -0.2) is 12.5 Å². The first-order chi connectivity index (χ1) is 21.6. The maximum atomic E-state index is 2.39. The highest BCUT2D eigenvalue weighted by Gasteiger charge is 2.16. The van der Waals surface area contributed by atoms with Crippen LogP contribution in [0.1, 0.15) is 22.3 Å². The summed E-state index contributed by atoms with van der Waals surface area (Å²) in [6.45, 7) is 0. The molecule has 0 spiro atoms. The molecule has 6 aromatic carbocycles. The molecule has 0 amide bonds. The van der Waals surface area contributed by atoms with Crippen molar-refractivity contribution in [1.82, 2.24) is 0 Å². The second-order valence-corrected chi connectivity index (χ2v) is 16.4. The fraction of sp³-hybridized carbons (Fsp3) is 0.143. The van der Waals surface area contributed by atoms with E-state index in [-0.39, 0.29) is 21.8 Å². The summed E-state index contributed by atoms with van der Waals surface area (Å²) in [5.74, 6) is 4.42. The van der Waals surface area contributed by atoms with E-state index in [2.05, 4.69) is 158 Å². The van der Waals surface area contributed by atoms with E-state index in [0.717, 1.165) is 23.0 Å². The van der Waals surface area contributed by atoms with Gasteiger partial charge in [0, 0.05) is 22.3 Å². The van der Waals surface area contributed by atoms with Crippen LogP contribution in [0.5, 0.6) is 0 Å². The predicted octanol–water partition coefficient (Wildman–Crippen LogP) is 10.6. The van der Waals surface area contributed by atoms with Crippen LogP contribution in [-0.2, 0) is 44.8 Å². The third-order valence-corrected chi connectivity index (χ3v) is 11.8. The van der Waals surface area contributed by atoms with E-state index >= 15 is 0 Å². The zero-order chi connectivity index (χ0) is 29.9. The predicted molar refractivity (Wildman–Crippen MR) is 196 cm³/mol. The number of hydrogen-bond donors (Lipinski definition) is 0. The Balaban J connectivity index is 1.20. The van der Waals surface area contributed by atoms with Crippen molar-refractivity contribution in [1.29, 1.82) is 0 Å². The van der Waals surface area contributed by atoms with Crippen LogP contribution in [0.25, 0.3) is 44.5 Å². The monoisotopic (exact) mass is 606 g/mol. The van der Waals surface area contributed by atoms with Crippen molar-refractivity contribution >= 4 is 21.8 Å². The molecule has 0 saturated heterocycles. The summed E-state index contributed by atoms with van der Waals surface area (Å²) < 4.78 is 0. The van der Waals surface area contributed by atoms with E-state index in [9.17, 15) is 0 Å². The topological polar surface area (TPSA) is 0 Å². The van der Waals surface area contributed by atoms with Crippen LogP contribution in [0.15, 0.2) is 146 Å². The van der Waals surface area contributed by atoms with Crippen molar-refractivity contribution in [2.75, 3.05) is 12.5 Å². The SMILES string of the molecule is C[S+]1Cc2ccc(cc2)-c2cccc(c2)-c2ccc(cc2)C[S+](C)Cc2ccc(cc2)-c2cccc(c2)-c2ccc(cc2)C1. The van der Waals surface area contributed by atoms with Gasteiger partial charge in [-0.25, -0.2) is 0 Å². The molecule has 12 bridgehead atoms. The Kier molecular flexibility index (Phi) is 8.46. The molecule has 6 aromatic rings. The lowest BCUT2D eigenvalue weighted by atomic mass is 9.98. The van der Waals surface area contributed by atoms with Gasteiger partial charge in [-0.05, 0) is 78.4 Å². The highest BCUT2D eigenvalue weighted by Crippen LogP contribution is 2.30. The van der Waals surface area contributed by atoms with Crippen molar-refractivity contribution in [3.63, 3.8) is 0 Å². The molecular weight excluding hydrogens is 569 g/mol. The molecule has 0 nitrogen and oxygen atoms in total. The van der Waals surface area contributed by atoms with Gasteiger partial charge in [-0.15, -0.1) is 0 Å². The average Bonchev–Trinajstić information content (AvgIpc) is 3.06. The van der Waals surface area contributed by atoms with E-state index in [1.165, 1.54) is 66.8 Å². The summed E-state index contributed by atoms with van der Waals surface area (Å²) in [6.07, 6.45) is 4.79. The van der Waals surface area contributed by atoms with Gasteiger partial charge in [0.15, 0.2) is 0 Å². The van der Waals surface area contributed by atoms with E-state index in [0.29, 0.717) is 0 Å². The van der Waals surface area contributed by atoms with Crippen molar-refractivity contribution in [2.24, 2.45) is 0 Å². The Morgan fingerprint density at radius 3 is 0.750 bits per heavy atom. The summed E-state index contributed by atoms with van der Waals surface area (Å²) in [5, 5.41) is 0. The van der Waals surface area contributed by atoms with Gasteiger partial charge in [0.05, 0.1) is 12.5 Å². The molecular formula is C42H38S2+2. The Bertz CT molecular complexity index is 1580. The van der Waals surface area contributed by atoms with E-state index < -0.39 is 0 Å². The van der Waals surface area contributed by atoms with Gasteiger partial charge in [-0.1, -0.05) is 133 Å². The van der Waals surface area contributed by atoms with E-state index in [1.54, 1.807) is 0 Å². The summed E-state index contributed by atoms with van der Waals surface area (Å²) in [4.78, 5) is 0. The van der Waals surface area contributed by atoms with Gasteiger partial charge in [0.2, 0.25) is 0 Å². The average molecular weight is 607 g/mol. The maximum absolute atomic E-state index is 2.39. The van der Waals surface area contributed by atoms with Crippen LogP contribution in [0.2, 0.25) is 0 Å². The van der Waals surface area contributed by atoms with Crippen molar-refractivity contribution in [3.05, 3.63) is 168 Å². The van der Waals surface area contributed by atoms with Crippen LogP contribution >= 0.6 is 0 Å². The molecule has 0 N–H and O–H groups in total. The molecule has 0 radical (unpaired) electrons. The maximum Gasteiger partial charge on any atom is 0.133 e. The molecule has 7 aliphatic rings. The van der Waals surface area contributed by atoms with E-state index in [4.69, 9.17) is 0 Å². The Morgan fingerprint density at radius 2 is 0.523 bits per heavy atom. The highest BCUT2D eigenvalue weighted by atomic mass is 32.2. The number of rotatable bonds is 0. The Morgan fingerprint density at radius 1 is 0.295 bits per heavy atom. The molecule has 0 saturated carbocycles. The Hall–Kier alpha value is -3.98. The van der Waals surface area contributed by atoms with Crippen LogP contribution in [0.4, 0.5) is 0 Å². The molecule has 44 heavy (non-hydrogen) atoms. The van der Waals surface area contributed by atoms with Crippen LogP contribution < -0.4 is 0 Å². The molecule has 216 valence electrons. The minimum atomic E-state index is 0.267. The fourth-order valence-corrected chi connectivity index (χ4v) is 9.42. The first kappa shape index (κ1) is 28.8. The second-order valence-electron chi connectivity index (χ2n) is 12.1. The summed E-state index contributed by atoms with van der Waals surface area (Å²) >= 11 is 0. The first-order valence-electron chi connectivity index (χ1n) is 15.3. The molecule has 0 fully saturated rings. The lowest BCUT2D eigenvalue weighted by Gasteiger charge is -2.10. The van der Waals surface area contributed by atoms with Gasteiger partial charge >= 0.3 is 0 Å². The van der Waals surface area contributed by atoms with Crippen molar-refractivity contribution < 1.29 is 0 Å². The largest absolute Gasteiger partial charge is 0.133 e. The van der Waals surface area contributed by atoms with Gasteiger partial charge in [-0.2, -0.15) is 0 Å². The second kappa shape index (κ2) is 12.9. The first-order valence-corrected chi connectivity index (χ1v) is 19.3. The highest BCUT2D eigenvalue weighted by molar-refractivity contribution is 7.94. The number of hydrogen-bond acceptors (Lipinski definition) is 0. The molecule has 7 aliphatic heterocycles. The summed E-state index contributed by atoms with van der Waals surface area (Å²) in [6, 6.07) is 54.9. The van der Waals surface area contributed by atoms with E-state index in [1.807, 2.05) is 0 Å². The van der Waals surface area contributed by atoms with Gasteiger partial charge in [0.25, 0.3) is 0 Å². The fourth-order valence-electron chi connectivity index (χ4n) is 6.17. The van der Waals surface area contributed by atoms with Crippen molar-refractivity contribution in [2.45, 2.75) is 23.0 Å².